The third-order valence-electron chi connectivity index (χ3n) is 5.35. The molecule has 1 aliphatic rings. The van der Waals surface area contributed by atoms with E-state index in [1.54, 1.807) is 16.8 Å². The van der Waals surface area contributed by atoms with Crippen molar-refractivity contribution in [3.63, 3.8) is 0 Å². The number of halogens is 2. The maximum atomic E-state index is 13.4. The summed E-state index contributed by atoms with van der Waals surface area (Å²) in [6.45, 7) is 2.44. The van der Waals surface area contributed by atoms with Crippen molar-refractivity contribution in [2.75, 3.05) is 13.1 Å². The van der Waals surface area contributed by atoms with Gasteiger partial charge in [-0.1, -0.05) is 18.2 Å². The van der Waals surface area contributed by atoms with Gasteiger partial charge in [0.1, 0.15) is 5.82 Å². The molecule has 1 saturated heterocycles. The number of para-hydroxylation sites is 1. The first-order chi connectivity index (χ1) is 14.2. The second-order valence-electron chi connectivity index (χ2n) is 7.46. The second kappa shape index (κ2) is 10.4. The van der Waals surface area contributed by atoms with Crippen molar-refractivity contribution in [2.45, 2.75) is 25.8 Å². The number of aromatic nitrogens is 2. The van der Waals surface area contributed by atoms with Crippen LogP contribution >= 0.6 is 12.4 Å². The molecular formula is C23H26ClFN4O. The molecule has 1 aliphatic heterocycles. The number of rotatable bonds is 7. The Morgan fingerprint density at radius 3 is 2.63 bits per heavy atom. The van der Waals surface area contributed by atoms with Crippen LogP contribution in [0.3, 0.4) is 0 Å². The minimum Gasteiger partial charge on any atom is -0.352 e. The van der Waals surface area contributed by atoms with E-state index in [2.05, 4.69) is 10.6 Å². The lowest BCUT2D eigenvalue weighted by Gasteiger charge is -2.09. The molecule has 3 aromatic rings. The standard InChI is InChI=1S/C23H25FN4O.ClH/c24-20-9-7-18(8-10-20)23-19(16-28(27-23)21-4-2-1-3-5-21)15-26-22(29)11-6-17-12-13-25-14-17;/h1-5,7-10,16-17,25H,6,11-15H2,(H,26,29);1H. The lowest BCUT2D eigenvalue weighted by Crippen LogP contribution is -2.23. The molecule has 0 saturated carbocycles. The van der Waals surface area contributed by atoms with E-state index < -0.39 is 0 Å². The van der Waals surface area contributed by atoms with E-state index >= 15 is 0 Å². The highest BCUT2D eigenvalue weighted by atomic mass is 35.5. The van der Waals surface area contributed by atoms with Crippen molar-refractivity contribution in [3.8, 4) is 16.9 Å². The summed E-state index contributed by atoms with van der Waals surface area (Å²) in [5, 5.41) is 11.1. The van der Waals surface area contributed by atoms with E-state index in [0.717, 1.165) is 48.4 Å². The number of hydrogen-bond acceptors (Lipinski definition) is 3. The van der Waals surface area contributed by atoms with E-state index in [0.29, 0.717) is 18.9 Å². The average molecular weight is 429 g/mol. The zero-order valence-electron chi connectivity index (χ0n) is 16.7. The van der Waals surface area contributed by atoms with Crippen LogP contribution in [0.5, 0.6) is 0 Å². The molecule has 4 rings (SSSR count). The van der Waals surface area contributed by atoms with Gasteiger partial charge in [-0.15, -0.1) is 12.4 Å². The van der Waals surface area contributed by atoms with Gasteiger partial charge in [0.2, 0.25) is 5.91 Å². The van der Waals surface area contributed by atoms with Gasteiger partial charge in [-0.25, -0.2) is 9.07 Å². The zero-order valence-corrected chi connectivity index (χ0v) is 17.5. The fourth-order valence-electron chi connectivity index (χ4n) is 3.68. The predicted octanol–water partition coefficient (Wildman–Crippen LogP) is 4.11. The monoisotopic (exact) mass is 428 g/mol. The smallest absolute Gasteiger partial charge is 0.220 e. The predicted molar refractivity (Wildman–Crippen MR) is 118 cm³/mol. The van der Waals surface area contributed by atoms with Gasteiger partial charge < -0.3 is 10.6 Å². The van der Waals surface area contributed by atoms with Gasteiger partial charge >= 0.3 is 0 Å². The molecule has 1 fully saturated rings. The maximum Gasteiger partial charge on any atom is 0.220 e. The largest absolute Gasteiger partial charge is 0.352 e. The van der Waals surface area contributed by atoms with Gasteiger partial charge in [-0.2, -0.15) is 5.10 Å². The Labute approximate surface area is 182 Å². The van der Waals surface area contributed by atoms with Gasteiger partial charge in [0.15, 0.2) is 0 Å². The molecule has 0 spiro atoms. The summed E-state index contributed by atoms with van der Waals surface area (Å²) in [6.07, 6.45) is 4.51. The van der Waals surface area contributed by atoms with Crippen LogP contribution in [-0.4, -0.2) is 28.8 Å². The molecule has 7 heteroatoms. The third kappa shape index (κ3) is 5.46. The van der Waals surface area contributed by atoms with Gasteiger partial charge in [0, 0.05) is 30.3 Å². The topological polar surface area (TPSA) is 59.0 Å². The molecule has 2 aromatic carbocycles. The fraction of sp³-hybridized carbons (Fsp3) is 0.304. The molecule has 1 unspecified atom stereocenters. The first-order valence-corrected chi connectivity index (χ1v) is 10.1. The van der Waals surface area contributed by atoms with Crippen LogP contribution in [0.25, 0.3) is 16.9 Å². The molecule has 0 radical (unpaired) electrons. The summed E-state index contributed by atoms with van der Waals surface area (Å²) < 4.78 is 15.1. The normalized spacial score (nSPS) is 15.6. The van der Waals surface area contributed by atoms with E-state index in [1.807, 2.05) is 36.5 Å². The number of nitrogens with one attached hydrogen (secondary N) is 2. The Hall–Kier alpha value is -2.70. The molecule has 158 valence electrons. The number of carbonyl (C=O) groups is 1. The molecule has 0 bridgehead atoms. The summed E-state index contributed by atoms with van der Waals surface area (Å²) in [4.78, 5) is 12.3. The number of benzene rings is 2. The highest BCUT2D eigenvalue weighted by molar-refractivity contribution is 5.85. The van der Waals surface area contributed by atoms with Crippen LogP contribution in [-0.2, 0) is 11.3 Å². The molecule has 2 heterocycles. The van der Waals surface area contributed by atoms with Crippen LogP contribution in [0.15, 0.2) is 60.8 Å². The number of amides is 1. The molecule has 0 aliphatic carbocycles. The molecule has 1 aromatic heterocycles. The Balaban J connectivity index is 0.00000256. The molecule has 5 nitrogen and oxygen atoms in total. The van der Waals surface area contributed by atoms with Gasteiger partial charge in [-0.3, -0.25) is 4.79 Å². The van der Waals surface area contributed by atoms with Crippen molar-refractivity contribution in [3.05, 3.63) is 72.2 Å². The second-order valence-corrected chi connectivity index (χ2v) is 7.46. The first kappa shape index (κ1) is 22.0. The minimum absolute atomic E-state index is 0. The minimum atomic E-state index is -0.285. The lowest BCUT2D eigenvalue weighted by molar-refractivity contribution is -0.121. The summed E-state index contributed by atoms with van der Waals surface area (Å²) in [6, 6.07) is 16.1. The summed E-state index contributed by atoms with van der Waals surface area (Å²) in [5.74, 6) is 0.360. The quantitative estimate of drug-likeness (QED) is 0.595. The van der Waals surface area contributed by atoms with E-state index in [4.69, 9.17) is 5.10 Å². The summed E-state index contributed by atoms with van der Waals surface area (Å²) >= 11 is 0. The van der Waals surface area contributed by atoms with Crippen LogP contribution < -0.4 is 10.6 Å². The third-order valence-corrected chi connectivity index (χ3v) is 5.35. The van der Waals surface area contributed by atoms with Gasteiger partial charge in [0.25, 0.3) is 0 Å². The van der Waals surface area contributed by atoms with Crippen LogP contribution in [0.1, 0.15) is 24.8 Å². The highest BCUT2D eigenvalue weighted by Crippen LogP contribution is 2.24. The zero-order chi connectivity index (χ0) is 20.1. The van der Waals surface area contributed by atoms with Crippen molar-refractivity contribution in [2.24, 2.45) is 5.92 Å². The first-order valence-electron chi connectivity index (χ1n) is 10.1. The van der Waals surface area contributed by atoms with Crippen LogP contribution in [0.2, 0.25) is 0 Å². The van der Waals surface area contributed by atoms with Crippen molar-refractivity contribution >= 4 is 18.3 Å². The van der Waals surface area contributed by atoms with Gasteiger partial charge in [-0.05, 0) is 68.2 Å². The average Bonchev–Trinajstić information content (AvgIpc) is 3.42. The number of nitrogens with zero attached hydrogens (tertiary/aromatic N) is 2. The Morgan fingerprint density at radius 1 is 1.17 bits per heavy atom. The number of carbonyl (C=O) groups excluding carboxylic acids is 1. The van der Waals surface area contributed by atoms with Crippen molar-refractivity contribution < 1.29 is 9.18 Å². The lowest BCUT2D eigenvalue weighted by atomic mass is 10.0. The SMILES string of the molecule is Cl.O=C(CCC1CCNC1)NCc1cn(-c2ccccc2)nc1-c1ccc(F)cc1. The van der Waals surface area contributed by atoms with Crippen LogP contribution in [0.4, 0.5) is 4.39 Å². The van der Waals surface area contributed by atoms with Gasteiger partial charge in [0.05, 0.1) is 11.4 Å². The Bertz CT molecular complexity index is 953. The van der Waals surface area contributed by atoms with Crippen LogP contribution in [0, 0.1) is 11.7 Å². The van der Waals surface area contributed by atoms with E-state index in [9.17, 15) is 9.18 Å². The maximum absolute atomic E-state index is 13.4. The fourth-order valence-corrected chi connectivity index (χ4v) is 3.68. The number of hydrogen-bond donors (Lipinski definition) is 2. The summed E-state index contributed by atoms with van der Waals surface area (Å²) in [7, 11) is 0. The molecule has 30 heavy (non-hydrogen) atoms. The Kier molecular flexibility index (Phi) is 7.60. The molecule has 1 atom stereocenters. The summed E-state index contributed by atoms with van der Waals surface area (Å²) in [5.41, 5.74) is 3.40. The molecule has 1 amide bonds. The van der Waals surface area contributed by atoms with Crippen molar-refractivity contribution in [1.29, 1.82) is 0 Å². The van der Waals surface area contributed by atoms with Crippen molar-refractivity contribution in [1.82, 2.24) is 20.4 Å². The highest BCUT2D eigenvalue weighted by Gasteiger charge is 2.17. The molecule has 2 N–H and O–H groups in total. The Morgan fingerprint density at radius 2 is 1.93 bits per heavy atom. The molecular weight excluding hydrogens is 403 g/mol. The van der Waals surface area contributed by atoms with E-state index in [1.165, 1.54) is 12.1 Å². The van der Waals surface area contributed by atoms with E-state index in [-0.39, 0.29) is 24.1 Å².